The third kappa shape index (κ3) is 3.58. The van der Waals surface area contributed by atoms with E-state index in [4.69, 9.17) is 10.5 Å². The molecule has 20 heavy (non-hydrogen) atoms. The van der Waals surface area contributed by atoms with Gasteiger partial charge >= 0.3 is 0 Å². The molecule has 0 bridgehead atoms. The highest BCUT2D eigenvalue weighted by molar-refractivity contribution is 9.10. The predicted octanol–water partition coefficient (Wildman–Crippen LogP) is 4.36. The number of hydrogen-bond donors (Lipinski definition) is 1. The fourth-order valence-corrected chi connectivity index (χ4v) is 2.23. The maximum absolute atomic E-state index is 13.3. The SMILES string of the molecule is Cc1ccc(F)cc1OC(c1ccc(Br)cc1)C(C)N. The van der Waals surface area contributed by atoms with Crippen molar-refractivity contribution in [1.82, 2.24) is 0 Å². The molecule has 0 fully saturated rings. The number of benzene rings is 2. The van der Waals surface area contributed by atoms with Gasteiger partial charge in [-0.15, -0.1) is 0 Å². The zero-order valence-electron chi connectivity index (χ0n) is 11.4. The molecule has 2 aromatic rings. The smallest absolute Gasteiger partial charge is 0.138 e. The van der Waals surface area contributed by atoms with E-state index < -0.39 is 0 Å². The Hall–Kier alpha value is -1.39. The fraction of sp³-hybridized carbons (Fsp3) is 0.250. The topological polar surface area (TPSA) is 35.2 Å². The zero-order chi connectivity index (χ0) is 14.7. The third-order valence-corrected chi connectivity index (χ3v) is 3.61. The van der Waals surface area contributed by atoms with Crippen molar-refractivity contribution in [1.29, 1.82) is 0 Å². The van der Waals surface area contributed by atoms with E-state index in [2.05, 4.69) is 15.9 Å². The first-order valence-corrected chi connectivity index (χ1v) is 7.20. The van der Waals surface area contributed by atoms with E-state index in [0.717, 1.165) is 15.6 Å². The number of halogens is 2. The Balaban J connectivity index is 2.30. The van der Waals surface area contributed by atoms with Gasteiger partial charge in [-0.2, -0.15) is 0 Å². The average Bonchev–Trinajstić information content (AvgIpc) is 2.40. The van der Waals surface area contributed by atoms with Gasteiger partial charge in [0.1, 0.15) is 17.7 Å². The predicted molar refractivity (Wildman–Crippen MR) is 82.3 cm³/mol. The van der Waals surface area contributed by atoms with E-state index >= 15 is 0 Å². The monoisotopic (exact) mass is 337 g/mol. The minimum atomic E-state index is -0.316. The van der Waals surface area contributed by atoms with Gasteiger partial charge in [-0.1, -0.05) is 34.1 Å². The van der Waals surface area contributed by atoms with Crippen LogP contribution in [0.25, 0.3) is 0 Å². The maximum atomic E-state index is 13.3. The number of rotatable bonds is 4. The van der Waals surface area contributed by atoms with E-state index in [1.165, 1.54) is 12.1 Å². The van der Waals surface area contributed by atoms with Crippen molar-refractivity contribution in [3.8, 4) is 5.75 Å². The molecule has 0 spiro atoms. The van der Waals surface area contributed by atoms with Crippen LogP contribution in [-0.4, -0.2) is 6.04 Å². The Kier molecular flexibility index (Phi) is 4.78. The minimum Gasteiger partial charge on any atom is -0.484 e. The summed E-state index contributed by atoms with van der Waals surface area (Å²) in [6.07, 6.45) is -0.316. The molecule has 2 rings (SSSR count). The zero-order valence-corrected chi connectivity index (χ0v) is 13.0. The Morgan fingerprint density at radius 3 is 2.40 bits per heavy atom. The summed E-state index contributed by atoms with van der Waals surface area (Å²) in [5, 5.41) is 0. The van der Waals surface area contributed by atoms with E-state index in [-0.39, 0.29) is 18.0 Å². The molecular weight excluding hydrogens is 321 g/mol. The molecule has 0 aromatic heterocycles. The largest absolute Gasteiger partial charge is 0.484 e. The number of ether oxygens (including phenoxy) is 1. The van der Waals surface area contributed by atoms with Crippen molar-refractivity contribution < 1.29 is 9.13 Å². The van der Waals surface area contributed by atoms with Crippen molar-refractivity contribution in [3.63, 3.8) is 0 Å². The van der Waals surface area contributed by atoms with Crippen LogP contribution < -0.4 is 10.5 Å². The van der Waals surface area contributed by atoms with Gasteiger partial charge in [0.25, 0.3) is 0 Å². The van der Waals surface area contributed by atoms with Gasteiger partial charge in [-0.05, 0) is 43.2 Å². The first-order chi connectivity index (χ1) is 9.47. The van der Waals surface area contributed by atoms with Crippen LogP contribution >= 0.6 is 15.9 Å². The van der Waals surface area contributed by atoms with Gasteiger partial charge in [-0.3, -0.25) is 0 Å². The highest BCUT2D eigenvalue weighted by Gasteiger charge is 2.19. The van der Waals surface area contributed by atoms with Crippen LogP contribution in [0.1, 0.15) is 24.2 Å². The van der Waals surface area contributed by atoms with Crippen molar-refractivity contribution >= 4 is 15.9 Å². The second-order valence-electron chi connectivity index (χ2n) is 4.86. The minimum absolute atomic E-state index is 0.209. The maximum Gasteiger partial charge on any atom is 0.138 e. The molecule has 106 valence electrons. The second-order valence-corrected chi connectivity index (χ2v) is 5.77. The summed E-state index contributed by atoms with van der Waals surface area (Å²) in [5.41, 5.74) is 7.86. The molecule has 2 atom stereocenters. The Labute approximate surface area is 126 Å². The lowest BCUT2D eigenvalue weighted by Gasteiger charge is -2.24. The molecule has 2 aromatic carbocycles. The normalized spacial score (nSPS) is 13.8. The Bertz CT molecular complexity index is 584. The molecule has 2 N–H and O–H groups in total. The summed E-state index contributed by atoms with van der Waals surface area (Å²) < 4.78 is 20.3. The summed E-state index contributed by atoms with van der Waals surface area (Å²) in [6.45, 7) is 3.76. The van der Waals surface area contributed by atoms with Crippen molar-refractivity contribution in [2.45, 2.75) is 26.0 Å². The second kappa shape index (κ2) is 6.37. The lowest BCUT2D eigenvalue weighted by Crippen LogP contribution is -2.29. The van der Waals surface area contributed by atoms with Gasteiger partial charge in [0.2, 0.25) is 0 Å². The van der Waals surface area contributed by atoms with Gasteiger partial charge in [-0.25, -0.2) is 4.39 Å². The van der Waals surface area contributed by atoms with E-state index in [0.29, 0.717) is 5.75 Å². The molecule has 0 saturated heterocycles. The van der Waals surface area contributed by atoms with E-state index in [9.17, 15) is 4.39 Å². The highest BCUT2D eigenvalue weighted by atomic mass is 79.9. The molecule has 0 heterocycles. The molecule has 0 saturated carbocycles. The van der Waals surface area contributed by atoms with Crippen LogP contribution in [0.5, 0.6) is 5.75 Å². The van der Waals surface area contributed by atoms with Crippen LogP contribution in [0.15, 0.2) is 46.9 Å². The van der Waals surface area contributed by atoms with Crippen LogP contribution in [0.2, 0.25) is 0 Å². The molecule has 4 heteroatoms. The molecule has 0 amide bonds. The molecule has 0 aliphatic carbocycles. The summed E-state index contributed by atoms with van der Waals surface area (Å²) in [5.74, 6) is 0.208. The lowest BCUT2D eigenvalue weighted by atomic mass is 10.0. The van der Waals surface area contributed by atoms with Gasteiger partial charge in [0.05, 0.1) is 0 Å². The standard InChI is InChI=1S/C16H17BrFNO/c1-10-3-8-14(18)9-15(10)20-16(11(2)19)12-4-6-13(17)7-5-12/h3-9,11,16H,19H2,1-2H3. The molecule has 0 aliphatic heterocycles. The van der Waals surface area contributed by atoms with Crippen LogP contribution in [0.4, 0.5) is 4.39 Å². The van der Waals surface area contributed by atoms with Crippen LogP contribution in [0, 0.1) is 12.7 Å². The molecule has 2 unspecified atom stereocenters. The van der Waals surface area contributed by atoms with Gasteiger partial charge in [0, 0.05) is 16.6 Å². The summed E-state index contributed by atoms with van der Waals surface area (Å²) in [4.78, 5) is 0. The highest BCUT2D eigenvalue weighted by Crippen LogP contribution is 2.28. The number of aryl methyl sites for hydroxylation is 1. The quantitative estimate of drug-likeness (QED) is 0.899. The molecule has 0 radical (unpaired) electrons. The first-order valence-electron chi connectivity index (χ1n) is 6.41. The fourth-order valence-electron chi connectivity index (χ4n) is 1.97. The van der Waals surface area contributed by atoms with Gasteiger partial charge in [0.15, 0.2) is 0 Å². The summed E-state index contributed by atoms with van der Waals surface area (Å²) in [6, 6.07) is 12.1. The molecule has 2 nitrogen and oxygen atoms in total. The Morgan fingerprint density at radius 2 is 1.80 bits per heavy atom. The van der Waals surface area contributed by atoms with Crippen LogP contribution in [-0.2, 0) is 0 Å². The van der Waals surface area contributed by atoms with E-state index in [1.54, 1.807) is 6.07 Å². The van der Waals surface area contributed by atoms with Crippen molar-refractivity contribution in [2.75, 3.05) is 0 Å². The molecule has 0 aliphatic rings. The summed E-state index contributed by atoms with van der Waals surface area (Å²) >= 11 is 3.40. The third-order valence-electron chi connectivity index (χ3n) is 3.08. The molecular formula is C16H17BrFNO. The number of hydrogen-bond acceptors (Lipinski definition) is 2. The van der Waals surface area contributed by atoms with Gasteiger partial charge < -0.3 is 10.5 Å². The Morgan fingerprint density at radius 1 is 1.15 bits per heavy atom. The number of nitrogens with two attached hydrogens (primary N) is 1. The van der Waals surface area contributed by atoms with E-state index in [1.807, 2.05) is 38.1 Å². The lowest BCUT2D eigenvalue weighted by molar-refractivity contribution is 0.178. The first kappa shape index (κ1) is 15.0. The van der Waals surface area contributed by atoms with Crippen molar-refractivity contribution in [3.05, 3.63) is 63.9 Å². The van der Waals surface area contributed by atoms with Crippen LogP contribution in [0.3, 0.4) is 0 Å². The summed E-state index contributed by atoms with van der Waals surface area (Å²) in [7, 11) is 0. The average molecular weight is 338 g/mol. The van der Waals surface area contributed by atoms with Crippen molar-refractivity contribution in [2.24, 2.45) is 5.73 Å².